The van der Waals surface area contributed by atoms with Crippen molar-refractivity contribution in [2.75, 3.05) is 0 Å². The van der Waals surface area contributed by atoms with Crippen LogP contribution in [0.2, 0.25) is 0 Å². The lowest BCUT2D eigenvalue weighted by Crippen LogP contribution is -2.48. The lowest BCUT2D eigenvalue weighted by Gasteiger charge is -2.57. The van der Waals surface area contributed by atoms with Crippen LogP contribution in [-0.4, -0.2) is 0 Å². The molecule has 24 heavy (non-hydrogen) atoms. The topological polar surface area (TPSA) is 9.23 Å². The maximum atomic E-state index is 6.31. The largest absolute Gasteiger partial charge is 0.489 e. The highest BCUT2D eigenvalue weighted by molar-refractivity contribution is 5.41. The predicted molar refractivity (Wildman–Crippen MR) is 97.1 cm³/mol. The molecule has 4 bridgehead atoms. The van der Waals surface area contributed by atoms with Gasteiger partial charge in [0, 0.05) is 5.56 Å². The summed E-state index contributed by atoms with van der Waals surface area (Å²) in [5, 5.41) is 0. The molecule has 0 spiro atoms. The first-order valence-electron chi connectivity index (χ1n) is 9.57. The van der Waals surface area contributed by atoms with E-state index in [4.69, 9.17) is 4.74 Å². The van der Waals surface area contributed by atoms with E-state index in [0.717, 1.165) is 23.5 Å². The highest BCUT2D eigenvalue weighted by Gasteiger charge is 2.52. The molecule has 4 aliphatic rings. The van der Waals surface area contributed by atoms with Crippen LogP contribution in [0.1, 0.15) is 49.7 Å². The Morgan fingerprint density at radius 2 is 1.33 bits per heavy atom. The zero-order valence-corrected chi connectivity index (χ0v) is 14.3. The molecule has 0 N–H and O–H groups in total. The van der Waals surface area contributed by atoms with Gasteiger partial charge >= 0.3 is 0 Å². The molecule has 2 aromatic carbocycles. The van der Waals surface area contributed by atoms with Gasteiger partial charge in [0.2, 0.25) is 0 Å². The Balaban J connectivity index is 1.44. The Morgan fingerprint density at radius 3 is 2.00 bits per heavy atom. The van der Waals surface area contributed by atoms with Gasteiger partial charge in [-0.2, -0.15) is 0 Å². The predicted octanol–water partition coefficient (Wildman–Crippen LogP) is 5.73. The van der Waals surface area contributed by atoms with Gasteiger partial charge in [-0.05, 0) is 73.3 Å². The zero-order valence-electron chi connectivity index (χ0n) is 14.3. The van der Waals surface area contributed by atoms with Crippen molar-refractivity contribution in [2.45, 2.75) is 50.5 Å². The Morgan fingerprint density at radius 1 is 0.750 bits per heavy atom. The van der Waals surface area contributed by atoms with E-state index in [1.165, 1.54) is 49.7 Å². The average molecular weight is 318 g/mol. The van der Waals surface area contributed by atoms with E-state index in [9.17, 15) is 0 Å². The van der Waals surface area contributed by atoms with Crippen LogP contribution in [0.3, 0.4) is 0 Å². The van der Waals surface area contributed by atoms with E-state index in [-0.39, 0.29) is 0 Å². The molecule has 2 aromatic rings. The van der Waals surface area contributed by atoms with E-state index in [2.05, 4.69) is 54.6 Å². The van der Waals surface area contributed by atoms with Crippen molar-refractivity contribution < 1.29 is 4.74 Å². The fourth-order valence-electron chi connectivity index (χ4n) is 6.21. The Labute approximate surface area is 145 Å². The number of benzene rings is 2. The summed E-state index contributed by atoms with van der Waals surface area (Å²) in [5.41, 5.74) is 3.15. The van der Waals surface area contributed by atoms with Crippen molar-refractivity contribution in [1.29, 1.82) is 0 Å². The monoisotopic (exact) mass is 318 g/mol. The molecule has 0 atom stereocenters. The van der Waals surface area contributed by atoms with Crippen molar-refractivity contribution in [2.24, 2.45) is 17.8 Å². The second-order valence-corrected chi connectivity index (χ2v) is 8.47. The quantitative estimate of drug-likeness (QED) is 0.699. The molecule has 4 fully saturated rings. The van der Waals surface area contributed by atoms with Crippen molar-refractivity contribution in [3.8, 4) is 5.75 Å². The van der Waals surface area contributed by atoms with Gasteiger partial charge in [0.15, 0.2) is 0 Å². The first-order valence-corrected chi connectivity index (χ1v) is 9.57. The second-order valence-electron chi connectivity index (χ2n) is 8.47. The van der Waals surface area contributed by atoms with E-state index >= 15 is 0 Å². The average Bonchev–Trinajstić information content (AvgIpc) is 2.60. The fourth-order valence-corrected chi connectivity index (χ4v) is 6.21. The molecule has 6 rings (SSSR count). The second kappa shape index (κ2) is 5.65. The third-order valence-corrected chi connectivity index (χ3v) is 6.73. The molecule has 1 heteroatoms. The maximum Gasteiger partial charge on any atom is 0.123 e. The van der Waals surface area contributed by atoms with Crippen LogP contribution in [0.25, 0.3) is 0 Å². The molecule has 4 aliphatic carbocycles. The van der Waals surface area contributed by atoms with E-state index in [0.29, 0.717) is 12.0 Å². The summed E-state index contributed by atoms with van der Waals surface area (Å²) in [6.07, 6.45) is 8.66. The summed E-state index contributed by atoms with van der Waals surface area (Å²) in [6.45, 7) is 0.671. The van der Waals surface area contributed by atoms with Gasteiger partial charge in [-0.3, -0.25) is 0 Å². The maximum absolute atomic E-state index is 6.31. The molecule has 0 aliphatic heterocycles. The molecule has 0 saturated heterocycles. The summed E-state index contributed by atoms with van der Waals surface area (Å²) in [6, 6.07) is 19.4. The lowest BCUT2D eigenvalue weighted by molar-refractivity contribution is -0.00647. The van der Waals surface area contributed by atoms with Gasteiger partial charge in [-0.25, -0.2) is 0 Å². The summed E-state index contributed by atoms with van der Waals surface area (Å²) < 4.78 is 6.31. The third-order valence-electron chi connectivity index (χ3n) is 6.73. The number of hydrogen-bond donors (Lipinski definition) is 0. The molecule has 0 aromatic heterocycles. The fraction of sp³-hybridized carbons (Fsp3) is 0.478. The van der Waals surface area contributed by atoms with Crippen LogP contribution in [-0.2, 0) is 12.0 Å². The van der Waals surface area contributed by atoms with Crippen molar-refractivity contribution in [1.82, 2.24) is 0 Å². The van der Waals surface area contributed by atoms with Crippen LogP contribution < -0.4 is 4.74 Å². The van der Waals surface area contributed by atoms with Crippen LogP contribution >= 0.6 is 0 Å². The minimum Gasteiger partial charge on any atom is -0.489 e. The summed E-state index contributed by atoms with van der Waals surface area (Å²) in [5.74, 6) is 4.04. The van der Waals surface area contributed by atoms with Gasteiger partial charge in [0.25, 0.3) is 0 Å². The van der Waals surface area contributed by atoms with Crippen molar-refractivity contribution in [3.05, 3.63) is 65.7 Å². The SMILES string of the molecule is c1ccc(COc2ccccc2C23CC4CC(CC(C4)C2)C3)cc1. The van der Waals surface area contributed by atoms with Crippen molar-refractivity contribution >= 4 is 0 Å². The zero-order chi connectivity index (χ0) is 16.0. The smallest absolute Gasteiger partial charge is 0.123 e. The summed E-state index contributed by atoms with van der Waals surface area (Å²) in [4.78, 5) is 0. The Hall–Kier alpha value is -1.76. The van der Waals surface area contributed by atoms with E-state index < -0.39 is 0 Å². The lowest BCUT2D eigenvalue weighted by atomic mass is 9.48. The minimum absolute atomic E-state index is 0.405. The van der Waals surface area contributed by atoms with Gasteiger partial charge < -0.3 is 4.74 Å². The minimum atomic E-state index is 0.405. The number of hydrogen-bond acceptors (Lipinski definition) is 1. The molecular formula is C23H26O. The summed E-state index contributed by atoms with van der Waals surface area (Å²) >= 11 is 0. The molecule has 0 heterocycles. The van der Waals surface area contributed by atoms with Crippen LogP contribution in [0.15, 0.2) is 54.6 Å². The van der Waals surface area contributed by atoms with Crippen LogP contribution in [0, 0.1) is 17.8 Å². The Kier molecular flexibility index (Phi) is 3.43. The highest BCUT2D eigenvalue weighted by atomic mass is 16.5. The van der Waals surface area contributed by atoms with E-state index in [1.807, 2.05) is 0 Å². The summed E-state index contributed by atoms with van der Waals surface area (Å²) in [7, 11) is 0. The van der Waals surface area contributed by atoms with Crippen LogP contribution in [0.4, 0.5) is 0 Å². The first kappa shape index (κ1) is 14.6. The molecule has 0 unspecified atom stereocenters. The third kappa shape index (κ3) is 2.46. The van der Waals surface area contributed by atoms with Crippen molar-refractivity contribution in [3.63, 3.8) is 0 Å². The molecule has 0 radical (unpaired) electrons. The van der Waals surface area contributed by atoms with Gasteiger partial charge in [-0.15, -0.1) is 0 Å². The molecule has 4 saturated carbocycles. The molecule has 1 nitrogen and oxygen atoms in total. The van der Waals surface area contributed by atoms with Gasteiger partial charge in [0.05, 0.1) is 0 Å². The number of ether oxygens (including phenoxy) is 1. The Bertz CT molecular complexity index is 683. The molecule has 124 valence electrons. The van der Waals surface area contributed by atoms with Gasteiger partial charge in [0.1, 0.15) is 12.4 Å². The standard InChI is InChI=1S/C23H26O/c1-2-6-17(7-3-1)16-24-22-9-5-4-8-21(22)23-13-18-10-19(14-23)12-20(11-18)15-23/h1-9,18-20H,10-16H2. The normalized spacial score (nSPS) is 33.6. The highest BCUT2D eigenvalue weighted by Crippen LogP contribution is 2.61. The van der Waals surface area contributed by atoms with Gasteiger partial charge in [-0.1, -0.05) is 48.5 Å². The molecule has 0 amide bonds. The van der Waals surface area contributed by atoms with Crippen LogP contribution in [0.5, 0.6) is 5.75 Å². The first-order chi connectivity index (χ1) is 11.8. The number of para-hydroxylation sites is 1. The number of rotatable bonds is 4. The van der Waals surface area contributed by atoms with E-state index in [1.54, 1.807) is 0 Å². The molecular weight excluding hydrogens is 292 g/mol.